The summed E-state index contributed by atoms with van der Waals surface area (Å²) in [5.41, 5.74) is 2.14. The van der Waals surface area contributed by atoms with Crippen LogP contribution in [0.15, 0.2) is 48.8 Å². The molecule has 4 heteroatoms. The van der Waals surface area contributed by atoms with E-state index in [1.54, 1.807) is 12.1 Å². The van der Waals surface area contributed by atoms with Gasteiger partial charge in [0, 0.05) is 24.3 Å². The Morgan fingerprint density at radius 1 is 1.00 bits per heavy atom. The molecule has 18 heavy (non-hydrogen) atoms. The maximum atomic E-state index is 10.5. The molecule has 1 aromatic carbocycles. The molecule has 0 atom stereocenters. The number of aromatic nitrogens is 1. The highest BCUT2D eigenvalue weighted by Gasteiger charge is 2.02. The van der Waals surface area contributed by atoms with Gasteiger partial charge < -0.3 is 0 Å². The van der Waals surface area contributed by atoms with Crippen molar-refractivity contribution >= 4 is 17.8 Å². The van der Waals surface area contributed by atoms with Gasteiger partial charge in [-0.2, -0.15) is 0 Å². The van der Waals surface area contributed by atoms with Gasteiger partial charge in [0.1, 0.15) is 7.05 Å². The van der Waals surface area contributed by atoms with Gasteiger partial charge in [0.2, 0.25) is 0 Å². The molecule has 1 heterocycles. The van der Waals surface area contributed by atoms with Gasteiger partial charge in [-0.25, -0.2) is 4.57 Å². The second-order valence-corrected chi connectivity index (χ2v) is 3.98. The van der Waals surface area contributed by atoms with Crippen LogP contribution in [0.4, 0.5) is 5.69 Å². The average molecular weight is 241 g/mol. The average Bonchev–Trinajstić information content (AvgIpc) is 2.38. The van der Waals surface area contributed by atoms with Crippen LogP contribution >= 0.6 is 0 Å². The fourth-order valence-electron chi connectivity index (χ4n) is 1.52. The lowest BCUT2D eigenvalue weighted by molar-refractivity contribution is -0.671. The maximum absolute atomic E-state index is 10.5. The van der Waals surface area contributed by atoms with E-state index >= 15 is 0 Å². The third-order valence-corrected chi connectivity index (χ3v) is 2.58. The van der Waals surface area contributed by atoms with Crippen LogP contribution in [0.5, 0.6) is 0 Å². The van der Waals surface area contributed by atoms with Gasteiger partial charge >= 0.3 is 0 Å². The first kappa shape index (κ1) is 12.0. The summed E-state index contributed by atoms with van der Waals surface area (Å²) < 4.78 is 1.96. The molecule has 0 amide bonds. The normalized spacial score (nSPS) is 10.7. The van der Waals surface area contributed by atoms with Crippen molar-refractivity contribution in [2.45, 2.75) is 0 Å². The van der Waals surface area contributed by atoms with Crippen molar-refractivity contribution in [3.05, 3.63) is 70.0 Å². The minimum absolute atomic E-state index is 0.110. The van der Waals surface area contributed by atoms with Crippen LogP contribution in [0.3, 0.4) is 0 Å². The summed E-state index contributed by atoms with van der Waals surface area (Å²) in [6.45, 7) is 0. The van der Waals surface area contributed by atoms with E-state index in [-0.39, 0.29) is 5.69 Å². The quantitative estimate of drug-likeness (QED) is 0.471. The summed E-state index contributed by atoms with van der Waals surface area (Å²) in [5.74, 6) is 0. The van der Waals surface area contributed by atoms with Crippen LogP contribution in [0, 0.1) is 10.1 Å². The molecule has 0 spiro atoms. The molecule has 0 aliphatic rings. The Morgan fingerprint density at radius 2 is 1.50 bits per heavy atom. The van der Waals surface area contributed by atoms with Gasteiger partial charge in [-0.15, -0.1) is 0 Å². The molecule has 0 radical (unpaired) electrons. The summed E-state index contributed by atoms with van der Waals surface area (Å²) in [4.78, 5) is 10.1. The lowest BCUT2D eigenvalue weighted by atomic mass is 10.1. The summed E-state index contributed by atoms with van der Waals surface area (Å²) >= 11 is 0. The van der Waals surface area contributed by atoms with E-state index in [0.29, 0.717) is 0 Å². The van der Waals surface area contributed by atoms with Crippen LogP contribution in [-0.2, 0) is 7.05 Å². The molecule has 2 aromatic rings. The molecule has 0 aliphatic carbocycles. The zero-order valence-corrected chi connectivity index (χ0v) is 9.98. The molecular weight excluding hydrogens is 228 g/mol. The molecule has 4 nitrogen and oxygen atoms in total. The van der Waals surface area contributed by atoms with E-state index in [0.717, 1.165) is 11.1 Å². The molecule has 90 valence electrons. The Bertz CT molecular complexity index is 572. The zero-order valence-electron chi connectivity index (χ0n) is 9.98. The maximum Gasteiger partial charge on any atom is 0.269 e. The van der Waals surface area contributed by atoms with Gasteiger partial charge in [-0.1, -0.05) is 12.2 Å². The van der Waals surface area contributed by atoms with Gasteiger partial charge in [0.25, 0.3) is 5.69 Å². The van der Waals surface area contributed by atoms with E-state index in [1.807, 2.05) is 48.3 Å². The Labute approximate surface area is 105 Å². The predicted octanol–water partition coefficient (Wildman–Crippen LogP) is 2.59. The Balaban J connectivity index is 2.13. The fraction of sp³-hybridized carbons (Fsp3) is 0.0714. The number of pyridine rings is 1. The second kappa shape index (κ2) is 5.23. The van der Waals surface area contributed by atoms with E-state index < -0.39 is 4.92 Å². The lowest BCUT2D eigenvalue weighted by Crippen LogP contribution is -2.25. The first-order chi connectivity index (χ1) is 8.65. The Kier molecular flexibility index (Phi) is 3.48. The highest BCUT2D eigenvalue weighted by molar-refractivity contribution is 5.69. The van der Waals surface area contributed by atoms with Crippen LogP contribution in [-0.4, -0.2) is 4.92 Å². The van der Waals surface area contributed by atoms with Crippen molar-refractivity contribution in [1.82, 2.24) is 0 Å². The van der Waals surface area contributed by atoms with Gasteiger partial charge in [-0.05, 0) is 23.3 Å². The Morgan fingerprint density at radius 3 is 2.00 bits per heavy atom. The molecule has 0 fully saturated rings. The smallest absolute Gasteiger partial charge is 0.258 e. The van der Waals surface area contributed by atoms with Gasteiger partial charge in [0.15, 0.2) is 12.4 Å². The van der Waals surface area contributed by atoms with E-state index in [2.05, 4.69) is 0 Å². The summed E-state index contributed by atoms with van der Waals surface area (Å²) in [7, 11) is 1.96. The highest BCUT2D eigenvalue weighted by Crippen LogP contribution is 2.13. The Hall–Kier alpha value is -2.49. The van der Waals surface area contributed by atoms with Crippen LogP contribution in [0.25, 0.3) is 12.2 Å². The fourth-order valence-corrected chi connectivity index (χ4v) is 1.52. The van der Waals surface area contributed by atoms with Crippen molar-refractivity contribution in [3.63, 3.8) is 0 Å². The lowest BCUT2D eigenvalue weighted by Gasteiger charge is -1.94. The largest absolute Gasteiger partial charge is 0.269 e. The summed E-state index contributed by atoms with van der Waals surface area (Å²) in [6.07, 6.45) is 7.84. The van der Waals surface area contributed by atoms with Crippen molar-refractivity contribution in [2.75, 3.05) is 0 Å². The predicted molar refractivity (Wildman–Crippen MR) is 69.6 cm³/mol. The first-order valence-electron chi connectivity index (χ1n) is 5.53. The van der Waals surface area contributed by atoms with Crippen molar-refractivity contribution in [1.29, 1.82) is 0 Å². The SMILES string of the molecule is C[n+]1ccc(C=Cc2ccc([N+](=O)[O-])cc2)cc1. The third kappa shape index (κ3) is 3.01. The number of rotatable bonds is 3. The molecule has 0 N–H and O–H groups in total. The summed E-state index contributed by atoms with van der Waals surface area (Å²) in [6, 6.07) is 10.5. The topological polar surface area (TPSA) is 47.0 Å². The van der Waals surface area contributed by atoms with E-state index in [1.165, 1.54) is 12.1 Å². The number of nitro groups is 1. The second-order valence-electron chi connectivity index (χ2n) is 3.98. The molecule has 1 aromatic heterocycles. The molecular formula is C14H13N2O2+. The van der Waals surface area contributed by atoms with E-state index in [9.17, 15) is 10.1 Å². The number of benzene rings is 1. The molecule has 0 aliphatic heterocycles. The number of non-ortho nitro benzene ring substituents is 1. The number of hydrogen-bond donors (Lipinski definition) is 0. The van der Waals surface area contributed by atoms with Crippen molar-refractivity contribution in [2.24, 2.45) is 7.05 Å². The van der Waals surface area contributed by atoms with Gasteiger partial charge in [0.05, 0.1) is 4.92 Å². The van der Waals surface area contributed by atoms with Crippen molar-refractivity contribution < 1.29 is 9.49 Å². The molecule has 0 bridgehead atoms. The third-order valence-electron chi connectivity index (χ3n) is 2.58. The minimum atomic E-state index is -0.398. The summed E-state index contributed by atoms with van der Waals surface area (Å²) in [5, 5.41) is 10.5. The van der Waals surface area contributed by atoms with Crippen LogP contribution in [0.1, 0.15) is 11.1 Å². The highest BCUT2D eigenvalue weighted by atomic mass is 16.6. The number of nitrogens with zero attached hydrogens (tertiary/aromatic N) is 2. The van der Waals surface area contributed by atoms with Crippen molar-refractivity contribution in [3.8, 4) is 0 Å². The van der Waals surface area contributed by atoms with Crippen LogP contribution in [0.2, 0.25) is 0 Å². The van der Waals surface area contributed by atoms with E-state index in [4.69, 9.17) is 0 Å². The van der Waals surface area contributed by atoms with Gasteiger partial charge in [-0.3, -0.25) is 10.1 Å². The first-order valence-corrected chi connectivity index (χ1v) is 5.53. The molecule has 0 saturated heterocycles. The molecule has 2 rings (SSSR count). The standard InChI is InChI=1S/C14H13N2O2/c1-15-10-8-13(9-11-15)3-2-12-4-6-14(7-5-12)16(17)18/h2-11H,1H3/q+1. The number of aryl methyl sites for hydroxylation is 1. The number of nitro benzene ring substituents is 1. The zero-order chi connectivity index (χ0) is 13.0. The van der Waals surface area contributed by atoms with Crippen LogP contribution < -0.4 is 4.57 Å². The number of hydrogen-bond acceptors (Lipinski definition) is 2. The molecule has 0 unspecified atom stereocenters. The minimum Gasteiger partial charge on any atom is -0.258 e. The monoisotopic (exact) mass is 241 g/mol. The molecule has 0 saturated carbocycles.